The van der Waals surface area contributed by atoms with Gasteiger partial charge in [0.05, 0.1) is 6.54 Å². The fraction of sp³-hybridized carbons (Fsp3) is 0.778. The van der Waals surface area contributed by atoms with E-state index in [2.05, 4.69) is 10.2 Å². The van der Waals surface area contributed by atoms with Gasteiger partial charge in [0.2, 0.25) is 5.89 Å². The molecule has 0 fully saturated rings. The van der Waals surface area contributed by atoms with Gasteiger partial charge in [0.25, 0.3) is 5.22 Å². The summed E-state index contributed by atoms with van der Waals surface area (Å²) in [6.07, 6.45) is 4.20. The van der Waals surface area contributed by atoms with Gasteiger partial charge >= 0.3 is 0 Å². The zero-order valence-corrected chi connectivity index (χ0v) is 9.50. The Hall–Kier alpha value is -0.590. The van der Waals surface area contributed by atoms with E-state index in [4.69, 9.17) is 15.3 Å². The number of aliphatic hydroxyl groups is 1. The van der Waals surface area contributed by atoms with E-state index in [0.717, 1.165) is 31.4 Å². The van der Waals surface area contributed by atoms with E-state index >= 15 is 0 Å². The van der Waals surface area contributed by atoms with Gasteiger partial charge in [0, 0.05) is 12.4 Å². The highest BCUT2D eigenvalue weighted by atomic mass is 32.2. The molecule has 0 aliphatic heterocycles. The second-order valence-corrected chi connectivity index (χ2v) is 4.20. The first-order valence-corrected chi connectivity index (χ1v) is 6.11. The Kier molecular flexibility index (Phi) is 6.38. The van der Waals surface area contributed by atoms with Crippen molar-refractivity contribution >= 4 is 11.8 Å². The lowest BCUT2D eigenvalue weighted by Crippen LogP contribution is -1.95. The molecule has 0 aromatic carbocycles. The van der Waals surface area contributed by atoms with Crippen LogP contribution in [0.2, 0.25) is 0 Å². The summed E-state index contributed by atoms with van der Waals surface area (Å²) in [5.74, 6) is 1.45. The summed E-state index contributed by atoms with van der Waals surface area (Å²) < 4.78 is 5.24. The number of unbranched alkanes of at least 4 members (excludes halogenated alkanes) is 3. The van der Waals surface area contributed by atoms with Gasteiger partial charge in [-0.3, -0.25) is 0 Å². The molecule has 1 aromatic rings. The second kappa shape index (κ2) is 7.67. The van der Waals surface area contributed by atoms with Gasteiger partial charge in [-0.1, -0.05) is 24.6 Å². The van der Waals surface area contributed by atoms with Crippen molar-refractivity contribution in [2.45, 2.75) is 37.5 Å². The van der Waals surface area contributed by atoms with Crippen LogP contribution in [0, 0.1) is 0 Å². The van der Waals surface area contributed by atoms with E-state index in [0.29, 0.717) is 17.7 Å². The van der Waals surface area contributed by atoms with Crippen molar-refractivity contribution in [3.63, 3.8) is 0 Å². The predicted molar refractivity (Wildman–Crippen MR) is 58.5 cm³/mol. The maximum atomic E-state index is 8.58. The molecule has 0 aliphatic carbocycles. The molecule has 15 heavy (non-hydrogen) atoms. The van der Waals surface area contributed by atoms with E-state index in [1.54, 1.807) is 11.8 Å². The number of aromatic nitrogens is 2. The number of nitrogens with two attached hydrogens (primary N) is 1. The molecule has 86 valence electrons. The summed E-state index contributed by atoms with van der Waals surface area (Å²) in [7, 11) is 0. The van der Waals surface area contributed by atoms with Gasteiger partial charge in [0.15, 0.2) is 0 Å². The summed E-state index contributed by atoms with van der Waals surface area (Å²) in [5.41, 5.74) is 5.34. The number of nitrogens with zero attached hydrogens (tertiary/aromatic N) is 2. The third-order valence-corrected chi connectivity index (χ3v) is 2.81. The molecule has 6 heteroatoms. The molecule has 1 rings (SSSR count). The van der Waals surface area contributed by atoms with Crippen LogP contribution in [-0.4, -0.2) is 27.7 Å². The zero-order chi connectivity index (χ0) is 10.9. The molecule has 0 unspecified atom stereocenters. The molecule has 0 amide bonds. The fourth-order valence-electron chi connectivity index (χ4n) is 1.11. The molecule has 0 saturated carbocycles. The van der Waals surface area contributed by atoms with Crippen molar-refractivity contribution in [2.75, 3.05) is 12.4 Å². The van der Waals surface area contributed by atoms with Gasteiger partial charge < -0.3 is 15.3 Å². The Morgan fingerprint density at radius 3 is 2.67 bits per heavy atom. The first-order valence-electron chi connectivity index (χ1n) is 5.13. The van der Waals surface area contributed by atoms with Crippen molar-refractivity contribution in [1.82, 2.24) is 10.2 Å². The minimum absolute atomic E-state index is 0.288. The monoisotopic (exact) mass is 231 g/mol. The number of hydrogen-bond donors (Lipinski definition) is 2. The average molecular weight is 231 g/mol. The normalized spacial score (nSPS) is 10.8. The van der Waals surface area contributed by atoms with E-state index in [1.165, 1.54) is 0 Å². The third-order valence-electron chi connectivity index (χ3n) is 1.90. The quantitative estimate of drug-likeness (QED) is 0.516. The molecule has 0 spiro atoms. The fourth-order valence-corrected chi connectivity index (χ4v) is 1.88. The van der Waals surface area contributed by atoms with Crippen LogP contribution in [-0.2, 0) is 6.54 Å². The van der Waals surface area contributed by atoms with Crippen molar-refractivity contribution in [3.05, 3.63) is 5.89 Å². The Bertz CT molecular complexity index is 268. The van der Waals surface area contributed by atoms with E-state index in [9.17, 15) is 0 Å². The minimum atomic E-state index is 0.288. The van der Waals surface area contributed by atoms with Crippen molar-refractivity contribution in [1.29, 1.82) is 0 Å². The molecule has 0 atom stereocenters. The standard InChI is InChI=1S/C9H17N3O2S/c10-7-8-11-12-9(14-8)15-6-4-2-1-3-5-13/h13H,1-7,10H2. The molecule has 5 nitrogen and oxygen atoms in total. The lowest BCUT2D eigenvalue weighted by atomic mass is 10.2. The second-order valence-electron chi connectivity index (χ2n) is 3.15. The highest BCUT2D eigenvalue weighted by Crippen LogP contribution is 2.17. The van der Waals surface area contributed by atoms with Crippen molar-refractivity contribution in [2.24, 2.45) is 5.73 Å². The van der Waals surface area contributed by atoms with Gasteiger partial charge in [-0.15, -0.1) is 10.2 Å². The molecule has 1 heterocycles. The summed E-state index contributed by atoms with van der Waals surface area (Å²) in [4.78, 5) is 0. The highest BCUT2D eigenvalue weighted by Gasteiger charge is 2.03. The van der Waals surface area contributed by atoms with Crippen LogP contribution < -0.4 is 5.73 Å². The van der Waals surface area contributed by atoms with Gasteiger partial charge in [0.1, 0.15) is 0 Å². The Morgan fingerprint density at radius 1 is 1.20 bits per heavy atom. The van der Waals surface area contributed by atoms with Crippen LogP contribution in [0.15, 0.2) is 9.64 Å². The number of thioether (sulfide) groups is 1. The smallest absolute Gasteiger partial charge is 0.276 e. The SMILES string of the molecule is NCc1nnc(SCCCCCCO)o1. The third kappa shape index (κ3) is 5.15. The Labute approximate surface area is 93.4 Å². The topological polar surface area (TPSA) is 85.2 Å². The highest BCUT2D eigenvalue weighted by molar-refractivity contribution is 7.99. The van der Waals surface area contributed by atoms with Crippen LogP contribution in [0.25, 0.3) is 0 Å². The molecular weight excluding hydrogens is 214 g/mol. The molecule has 0 radical (unpaired) electrons. The molecule has 0 saturated heterocycles. The number of aliphatic hydroxyl groups excluding tert-OH is 1. The van der Waals surface area contributed by atoms with Crippen molar-refractivity contribution in [3.8, 4) is 0 Å². The zero-order valence-electron chi connectivity index (χ0n) is 8.69. The van der Waals surface area contributed by atoms with Gasteiger partial charge in [-0.25, -0.2) is 0 Å². The minimum Gasteiger partial charge on any atom is -0.415 e. The Morgan fingerprint density at radius 2 is 2.00 bits per heavy atom. The first-order chi connectivity index (χ1) is 7.36. The Balaban J connectivity index is 2.04. The molecule has 3 N–H and O–H groups in total. The summed E-state index contributed by atoms with van der Waals surface area (Å²) in [5, 5.41) is 16.8. The van der Waals surface area contributed by atoms with Crippen LogP contribution in [0.4, 0.5) is 0 Å². The van der Waals surface area contributed by atoms with Crippen molar-refractivity contribution < 1.29 is 9.52 Å². The van der Waals surface area contributed by atoms with Crippen LogP contribution in [0.3, 0.4) is 0 Å². The number of rotatable bonds is 8. The van der Waals surface area contributed by atoms with Gasteiger partial charge in [-0.05, 0) is 12.8 Å². The van der Waals surface area contributed by atoms with E-state index in [1.807, 2.05) is 0 Å². The largest absolute Gasteiger partial charge is 0.415 e. The molecule has 1 aromatic heterocycles. The molecule has 0 aliphatic rings. The maximum absolute atomic E-state index is 8.58. The first kappa shape index (κ1) is 12.5. The van der Waals surface area contributed by atoms with Crippen LogP contribution in [0.1, 0.15) is 31.6 Å². The van der Waals surface area contributed by atoms with E-state index in [-0.39, 0.29) is 6.61 Å². The maximum Gasteiger partial charge on any atom is 0.276 e. The molecular formula is C9H17N3O2S. The predicted octanol–water partition coefficient (Wildman–Crippen LogP) is 1.17. The summed E-state index contributed by atoms with van der Waals surface area (Å²) >= 11 is 1.56. The van der Waals surface area contributed by atoms with Crippen LogP contribution >= 0.6 is 11.8 Å². The van der Waals surface area contributed by atoms with E-state index < -0.39 is 0 Å². The average Bonchev–Trinajstić information content (AvgIpc) is 2.71. The summed E-state index contributed by atoms with van der Waals surface area (Å²) in [6, 6.07) is 0. The number of hydrogen-bond acceptors (Lipinski definition) is 6. The summed E-state index contributed by atoms with van der Waals surface area (Å²) in [6.45, 7) is 0.584. The lowest BCUT2D eigenvalue weighted by Gasteiger charge is -1.97. The lowest BCUT2D eigenvalue weighted by molar-refractivity contribution is 0.283. The van der Waals surface area contributed by atoms with Crippen LogP contribution in [0.5, 0.6) is 0 Å². The van der Waals surface area contributed by atoms with Gasteiger partial charge in [-0.2, -0.15) is 0 Å². The molecule has 0 bridgehead atoms.